The molecule has 46 heavy (non-hydrogen) atoms. The van der Waals surface area contributed by atoms with Crippen molar-refractivity contribution >= 4 is 27.5 Å². The number of hydrogen-bond acceptors (Lipinski definition) is 5. The van der Waals surface area contributed by atoms with Gasteiger partial charge in [-0.2, -0.15) is 13.5 Å². The number of likely N-dealkylation sites (tertiary alicyclic amines) is 1. The maximum absolute atomic E-state index is 16.5. The maximum atomic E-state index is 16.5. The fraction of sp³-hybridized carbons (Fsp3) is 0.457. The molecule has 246 valence electrons. The minimum Gasteiger partial charge on any atom is -0.493 e. The number of piperidine rings is 1. The quantitative estimate of drug-likeness (QED) is 0.253. The van der Waals surface area contributed by atoms with Crippen molar-refractivity contribution < 1.29 is 26.7 Å². The average molecular weight is 672 g/mol. The van der Waals surface area contributed by atoms with E-state index in [1.165, 1.54) is 72.7 Å². The van der Waals surface area contributed by atoms with Crippen molar-refractivity contribution in [1.82, 2.24) is 9.62 Å². The molecule has 3 aromatic carbocycles. The maximum Gasteiger partial charge on any atom is 0.298 e. The number of amides is 1. The number of nitrogens with zero attached hydrogens (tertiary/aromatic N) is 1. The summed E-state index contributed by atoms with van der Waals surface area (Å²) in [6.45, 7) is 0.978. The number of halogens is 3. The molecular weight excluding hydrogens is 632 g/mol. The van der Waals surface area contributed by atoms with Crippen LogP contribution >= 0.6 is 11.6 Å². The summed E-state index contributed by atoms with van der Waals surface area (Å²) in [5, 5.41) is 0.550. The molecule has 3 aliphatic rings. The lowest BCUT2D eigenvalue weighted by Crippen LogP contribution is -2.60. The van der Waals surface area contributed by atoms with Crippen LogP contribution in [0.15, 0.2) is 77.7 Å². The molecule has 3 aromatic rings. The predicted octanol–water partition coefficient (Wildman–Crippen LogP) is 6.60. The third-order valence-electron chi connectivity index (χ3n) is 9.89. The van der Waals surface area contributed by atoms with Gasteiger partial charge in [0.2, 0.25) is 15.9 Å². The number of carbonyl (C=O) groups excluding carboxylic acids is 1. The Kier molecular flexibility index (Phi) is 9.71. The molecule has 7 nitrogen and oxygen atoms in total. The fourth-order valence-electron chi connectivity index (χ4n) is 7.11. The standard InChI is InChI=1S/C35H40ClF2N3O4S/c36-29-14-10-25(11-15-29)24-8-12-28(13-9-24)35(37,38)33(34(42)41-20-26-6-7-27(21-41)32(26)39)40-46(43,44)31-18-16-30(17-19-31)45-22-23-4-2-1-3-5-23/h8-19,23,26-27,32-33,40H,1-7,20-22,39H2/t26-,27+,32?,33-/m0/s1. The highest BCUT2D eigenvalue weighted by molar-refractivity contribution is 7.89. The van der Waals surface area contributed by atoms with Gasteiger partial charge in [-0.25, -0.2) is 8.42 Å². The van der Waals surface area contributed by atoms with Crippen LogP contribution < -0.4 is 15.2 Å². The lowest BCUT2D eigenvalue weighted by molar-refractivity contribution is -0.146. The lowest BCUT2D eigenvalue weighted by Gasteiger charge is -2.39. The van der Waals surface area contributed by atoms with Gasteiger partial charge in [0, 0.05) is 29.7 Å². The molecule has 0 radical (unpaired) electrons. The van der Waals surface area contributed by atoms with Gasteiger partial charge in [-0.1, -0.05) is 67.3 Å². The van der Waals surface area contributed by atoms with Crippen molar-refractivity contribution in [1.29, 1.82) is 0 Å². The summed E-state index contributed by atoms with van der Waals surface area (Å²) >= 11 is 5.99. The number of hydrogen-bond donors (Lipinski definition) is 2. The number of alkyl halides is 2. The summed E-state index contributed by atoms with van der Waals surface area (Å²) in [5.74, 6) is -3.88. The predicted molar refractivity (Wildman–Crippen MR) is 174 cm³/mol. The van der Waals surface area contributed by atoms with Crippen LogP contribution in [0.1, 0.15) is 50.5 Å². The van der Waals surface area contributed by atoms with E-state index in [1.807, 2.05) is 0 Å². The Morgan fingerprint density at radius 1 is 0.891 bits per heavy atom. The number of nitrogens with two attached hydrogens (primary N) is 1. The number of carbonyl (C=O) groups is 1. The Labute approximate surface area is 274 Å². The van der Waals surface area contributed by atoms with Crippen LogP contribution in [0.4, 0.5) is 8.78 Å². The number of benzene rings is 3. The molecule has 2 saturated carbocycles. The first-order chi connectivity index (χ1) is 22.0. The Bertz CT molecular complexity index is 1600. The highest BCUT2D eigenvalue weighted by atomic mass is 35.5. The van der Waals surface area contributed by atoms with Crippen LogP contribution in [0.25, 0.3) is 11.1 Å². The van der Waals surface area contributed by atoms with Gasteiger partial charge in [0.15, 0.2) is 6.04 Å². The second-order valence-electron chi connectivity index (χ2n) is 13.0. The first-order valence-electron chi connectivity index (χ1n) is 16.0. The largest absolute Gasteiger partial charge is 0.493 e. The molecule has 3 fully saturated rings. The van der Waals surface area contributed by atoms with E-state index in [2.05, 4.69) is 4.72 Å². The van der Waals surface area contributed by atoms with Gasteiger partial charge in [0.1, 0.15) is 5.75 Å². The van der Waals surface area contributed by atoms with Crippen molar-refractivity contribution in [3.05, 3.63) is 83.4 Å². The summed E-state index contributed by atoms with van der Waals surface area (Å²) in [6, 6.07) is 15.7. The van der Waals surface area contributed by atoms with Crippen molar-refractivity contribution in [3.8, 4) is 16.9 Å². The Hall–Kier alpha value is -3.05. The molecule has 2 bridgehead atoms. The third kappa shape index (κ3) is 7.10. The van der Waals surface area contributed by atoms with E-state index in [1.54, 1.807) is 24.3 Å². The third-order valence-corrected chi connectivity index (χ3v) is 11.6. The van der Waals surface area contributed by atoms with Gasteiger partial charge >= 0.3 is 0 Å². The first-order valence-corrected chi connectivity index (χ1v) is 17.9. The normalized spacial score (nSPS) is 22.9. The molecule has 6 rings (SSSR count). The van der Waals surface area contributed by atoms with E-state index >= 15 is 8.78 Å². The Morgan fingerprint density at radius 2 is 1.46 bits per heavy atom. The molecule has 1 amide bonds. The zero-order valence-electron chi connectivity index (χ0n) is 25.6. The summed E-state index contributed by atoms with van der Waals surface area (Å²) in [7, 11) is -4.53. The van der Waals surface area contributed by atoms with E-state index in [9.17, 15) is 13.2 Å². The minimum absolute atomic E-state index is 0.00612. The molecule has 0 aromatic heterocycles. The van der Waals surface area contributed by atoms with Crippen LogP contribution in [0, 0.1) is 17.8 Å². The van der Waals surface area contributed by atoms with Crippen LogP contribution in [-0.2, 0) is 20.7 Å². The van der Waals surface area contributed by atoms with E-state index in [4.69, 9.17) is 22.1 Å². The second-order valence-corrected chi connectivity index (χ2v) is 15.1. The molecule has 1 heterocycles. The molecule has 1 aliphatic heterocycles. The molecule has 11 heteroatoms. The van der Waals surface area contributed by atoms with Crippen LogP contribution in [0.2, 0.25) is 5.02 Å². The van der Waals surface area contributed by atoms with Crippen molar-refractivity contribution in [2.24, 2.45) is 23.5 Å². The van der Waals surface area contributed by atoms with Gasteiger partial charge in [0.05, 0.1) is 11.5 Å². The number of sulfonamides is 1. The smallest absolute Gasteiger partial charge is 0.298 e. The topological polar surface area (TPSA) is 102 Å². The molecule has 0 spiro atoms. The highest BCUT2D eigenvalue weighted by Crippen LogP contribution is 2.39. The monoisotopic (exact) mass is 671 g/mol. The molecule has 3 N–H and O–H groups in total. The highest BCUT2D eigenvalue weighted by Gasteiger charge is 2.52. The van der Waals surface area contributed by atoms with Gasteiger partial charge in [0.25, 0.3) is 5.92 Å². The van der Waals surface area contributed by atoms with Crippen molar-refractivity contribution in [3.63, 3.8) is 0 Å². The number of ether oxygens (including phenoxy) is 1. The van der Waals surface area contributed by atoms with Crippen molar-refractivity contribution in [2.75, 3.05) is 19.7 Å². The number of fused-ring (bicyclic) bond motifs is 2. The summed E-state index contributed by atoms with van der Waals surface area (Å²) < 4.78 is 68.1. The van der Waals surface area contributed by atoms with Gasteiger partial charge in [-0.05, 0) is 91.0 Å². The molecular formula is C35H40ClF2N3O4S. The molecule has 1 saturated heterocycles. The Balaban J connectivity index is 1.24. The summed E-state index contributed by atoms with van der Waals surface area (Å²) in [4.78, 5) is 15.0. The molecule has 4 atom stereocenters. The zero-order valence-corrected chi connectivity index (χ0v) is 27.2. The van der Waals surface area contributed by atoms with E-state index in [-0.39, 0.29) is 35.9 Å². The first kappa shape index (κ1) is 32.9. The van der Waals surface area contributed by atoms with Gasteiger partial charge in [-0.3, -0.25) is 4.79 Å². The molecule has 1 unspecified atom stereocenters. The second kappa shape index (κ2) is 13.6. The summed E-state index contributed by atoms with van der Waals surface area (Å²) in [6.07, 6.45) is 7.43. The van der Waals surface area contributed by atoms with Crippen LogP contribution in [-0.4, -0.2) is 51.0 Å². The van der Waals surface area contributed by atoms with Crippen LogP contribution in [0.3, 0.4) is 0 Å². The van der Waals surface area contributed by atoms with E-state index in [0.29, 0.717) is 28.9 Å². The average Bonchev–Trinajstić information content (AvgIpc) is 3.25. The van der Waals surface area contributed by atoms with Gasteiger partial charge < -0.3 is 15.4 Å². The van der Waals surface area contributed by atoms with E-state index in [0.717, 1.165) is 31.2 Å². The van der Waals surface area contributed by atoms with E-state index < -0.39 is 33.5 Å². The molecule has 2 aliphatic carbocycles. The Morgan fingerprint density at radius 3 is 2.04 bits per heavy atom. The SMILES string of the molecule is NC1[C@@H]2CC[C@H]1CN(C(=O)[C@H](NS(=O)(=O)c1ccc(OCC3CCCCC3)cc1)C(F)(F)c1ccc(-c3ccc(Cl)cc3)cc1)C2. The minimum atomic E-state index is -4.53. The van der Waals surface area contributed by atoms with Crippen LogP contribution in [0.5, 0.6) is 5.75 Å². The zero-order chi connectivity index (χ0) is 32.5. The number of nitrogens with one attached hydrogen (secondary N) is 1. The van der Waals surface area contributed by atoms with Crippen molar-refractivity contribution in [2.45, 2.75) is 67.8 Å². The van der Waals surface area contributed by atoms with Gasteiger partial charge in [-0.15, -0.1) is 0 Å². The lowest BCUT2D eigenvalue weighted by atomic mass is 9.90. The number of rotatable bonds is 10. The summed E-state index contributed by atoms with van der Waals surface area (Å²) in [5.41, 5.74) is 7.28. The fourth-order valence-corrected chi connectivity index (χ4v) is 8.42.